The van der Waals surface area contributed by atoms with Gasteiger partial charge in [-0.25, -0.2) is 15.0 Å². The predicted octanol–water partition coefficient (Wildman–Crippen LogP) is 6.70. The number of anilines is 3. The zero-order chi connectivity index (χ0) is 24.2. The molecule has 0 radical (unpaired) electrons. The lowest BCUT2D eigenvalue weighted by molar-refractivity contribution is 0.101. The number of carbonyl (C=O) groups excluding carboxylic acids is 1. The Morgan fingerprint density at radius 3 is 2.41 bits per heavy atom. The maximum Gasteiger partial charge on any atom is 0.164 e. The van der Waals surface area contributed by atoms with Crippen LogP contribution < -0.4 is 11.1 Å². The summed E-state index contributed by atoms with van der Waals surface area (Å²) in [6.45, 7) is 7.65. The highest BCUT2D eigenvalue weighted by atomic mass is 16.1. The number of pyridine rings is 1. The molecule has 0 unspecified atom stereocenters. The third-order valence-corrected chi connectivity index (χ3v) is 6.66. The molecule has 6 nitrogen and oxygen atoms in total. The Hall–Kier alpha value is -3.54. The number of nitrogens with one attached hydrogen (secondary N) is 1. The number of rotatable bonds is 6. The van der Waals surface area contributed by atoms with Crippen molar-refractivity contribution < 1.29 is 4.79 Å². The number of nitrogens with two attached hydrogens (primary N) is 1. The molecule has 34 heavy (non-hydrogen) atoms. The van der Waals surface area contributed by atoms with E-state index in [1.54, 1.807) is 13.1 Å². The predicted molar refractivity (Wildman–Crippen MR) is 139 cm³/mol. The van der Waals surface area contributed by atoms with Crippen molar-refractivity contribution in [2.75, 3.05) is 11.1 Å². The highest BCUT2D eigenvalue weighted by Crippen LogP contribution is 2.36. The topological polar surface area (TPSA) is 93.8 Å². The molecule has 0 bridgehead atoms. The van der Waals surface area contributed by atoms with Crippen molar-refractivity contribution in [2.24, 2.45) is 5.92 Å². The van der Waals surface area contributed by atoms with E-state index in [0.29, 0.717) is 40.2 Å². The number of hydrogen-bond acceptors (Lipinski definition) is 6. The first-order valence-corrected chi connectivity index (χ1v) is 12.0. The largest absolute Gasteiger partial charge is 0.382 e. The Balaban J connectivity index is 1.70. The van der Waals surface area contributed by atoms with Gasteiger partial charge in [-0.05, 0) is 74.8 Å². The molecule has 4 rings (SSSR count). The molecule has 176 valence electrons. The Kier molecular flexibility index (Phi) is 7.06. The summed E-state index contributed by atoms with van der Waals surface area (Å²) in [5.74, 6) is 2.31. The first-order valence-electron chi connectivity index (χ1n) is 12.0. The summed E-state index contributed by atoms with van der Waals surface area (Å²) >= 11 is 0. The molecule has 2 heterocycles. The third-order valence-electron chi connectivity index (χ3n) is 6.66. The molecule has 2 aromatic heterocycles. The summed E-state index contributed by atoms with van der Waals surface area (Å²) < 4.78 is 0. The summed E-state index contributed by atoms with van der Waals surface area (Å²) in [6.07, 6.45) is 10.5. The summed E-state index contributed by atoms with van der Waals surface area (Å²) in [6, 6.07) is 10.4. The van der Waals surface area contributed by atoms with E-state index in [1.165, 1.54) is 31.2 Å². The number of nitrogens with zero attached hydrogens (tertiary/aromatic N) is 3. The minimum Gasteiger partial charge on any atom is -0.382 e. The fourth-order valence-corrected chi connectivity index (χ4v) is 4.65. The van der Waals surface area contributed by atoms with Crippen LogP contribution in [0.15, 0.2) is 42.6 Å². The van der Waals surface area contributed by atoms with Gasteiger partial charge in [0.05, 0.1) is 23.1 Å². The summed E-state index contributed by atoms with van der Waals surface area (Å²) in [5, 5.41) is 3.39. The van der Waals surface area contributed by atoms with E-state index in [-0.39, 0.29) is 5.78 Å². The van der Waals surface area contributed by atoms with E-state index in [1.807, 2.05) is 32.1 Å². The highest BCUT2D eigenvalue weighted by Gasteiger charge is 2.20. The number of hydrogen-bond donors (Lipinski definition) is 2. The van der Waals surface area contributed by atoms with Crippen LogP contribution in [0.5, 0.6) is 0 Å². The van der Waals surface area contributed by atoms with Gasteiger partial charge < -0.3 is 11.1 Å². The molecule has 1 fully saturated rings. The number of Topliss-reactive ketones (excluding diaryl/α,β-unsaturated/α-hetero) is 1. The van der Waals surface area contributed by atoms with Crippen molar-refractivity contribution in [1.82, 2.24) is 15.0 Å². The maximum absolute atomic E-state index is 12.6. The lowest BCUT2D eigenvalue weighted by atomic mass is 9.79. The molecule has 0 amide bonds. The van der Waals surface area contributed by atoms with Crippen molar-refractivity contribution in [2.45, 2.75) is 59.3 Å². The summed E-state index contributed by atoms with van der Waals surface area (Å²) in [7, 11) is 0. The summed E-state index contributed by atoms with van der Waals surface area (Å²) in [4.78, 5) is 26.2. The van der Waals surface area contributed by atoms with Gasteiger partial charge in [-0.2, -0.15) is 0 Å². The van der Waals surface area contributed by atoms with Crippen LogP contribution in [0.4, 0.5) is 17.3 Å². The molecule has 0 saturated heterocycles. The quantitative estimate of drug-likeness (QED) is 0.402. The van der Waals surface area contributed by atoms with Crippen LogP contribution in [0.3, 0.4) is 0 Å². The number of carbonyl (C=O) groups is 1. The molecular weight excluding hydrogens is 422 g/mol. The molecule has 1 aromatic carbocycles. The summed E-state index contributed by atoms with van der Waals surface area (Å²) in [5.41, 5.74) is 11.3. The molecule has 0 atom stereocenters. The smallest absolute Gasteiger partial charge is 0.164 e. The molecular formula is C28H33N5O. The van der Waals surface area contributed by atoms with Crippen LogP contribution in [0.25, 0.3) is 17.5 Å². The average Bonchev–Trinajstić information content (AvgIpc) is 2.82. The van der Waals surface area contributed by atoms with Crippen molar-refractivity contribution in [3.05, 3.63) is 65.0 Å². The second kappa shape index (κ2) is 10.2. The van der Waals surface area contributed by atoms with E-state index < -0.39 is 0 Å². The van der Waals surface area contributed by atoms with Gasteiger partial charge >= 0.3 is 0 Å². The van der Waals surface area contributed by atoms with E-state index in [2.05, 4.69) is 46.5 Å². The van der Waals surface area contributed by atoms with Gasteiger partial charge in [0.1, 0.15) is 17.3 Å². The van der Waals surface area contributed by atoms with Crippen LogP contribution >= 0.6 is 0 Å². The second-order valence-corrected chi connectivity index (χ2v) is 9.31. The molecule has 3 N–H and O–H groups in total. The number of aryl methyl sites for hydroxylation is 1. The zero-order valence-corrected chi connectivity index (χ0v) is 20.4. The molecule has 1 aliphatic carbocycles. The Morgan fingerprint density at radius 1 is 1.09 bits per heavy atom. The maximum atomic E-state index is 12.6. The Morgan fingerprint density at radius 2 is 1.79 bits per heavy atom. The lowest BCUT2D eigenvalue weighted by Crippen LogP contribution is -2.11. The zero-order valence-electron chi connectivity index (χ0n) is 20.4. The van der Waals surface area contributed by atoms with Crippen LogP contribution in [0, 0.1) is 12.8 Å². The Labute approximate surface area is 201 Å². The monoisotopic (exact) mass is 455 g/mol. The number of benzene rings is 1. The van der Waals surface area contributed by atoms with Crippen LogP contribution in [-0.2, 0) is 0 Å². The van der Waals surface area contributed by atoms with Gasteiger partial charge in [-0.1, -0.05) is 44.1 Å². The standard InChI is InChI=1S/C28H33N5O/c1-5-6-22-15-24(25-16-30-27(29)18(3)31-25)33-28(26(22)19(4)34)32-23-13-11-21(12-14-23)20-9-7-17(2)8-10-20/h5-6,11-17,20H,7-10H2,1-4H3,(H2,29,30)(H,32,33)/b6-5-. The molecule has 6 heteroatoms. The van der Waals surface area contributed by atoms with E-state index >= 15 is 0 Å². The van der Waals surface area contributed by atoms with Crippen molar-refractivity contribution in [3.8, 4) is 11.4 Å². The number of aromatic nitrogens is 3. The minimum atomic E-state index is -0.0535. The van der Waals surface area contributed by atoms with Crippen molar-refractivity contribution in [1.29, 1.82) is 0 Å². The number of ketones is 1. The van der Waals surface area contributed by atoms with Crippen LogP contribution in [0.1, 0.15) is 79.6 Å². The van der Waals surface area contributed by atoms with E-state index in [4.69, 9.17) is 10.7 Å². The lowest BCUT2D eigenvalue weighted by Gasteiger charge is -2.26. The minimum absolute atomic E-state index is 0.0535. The fraction of sp³-hybridized carbons (Fsp3) is 0.357. The number of allylic oxidation sites excluding steroid dienone is 1. The van der Waals surface area contributed by atoms with Gasteiger partial charge in [0, 0.05) is 5.69 Å². The van der Waals surface area contributed by atoms with Gasteiger partial charge in [0.25, 0.3) is 0 Å². The normalized spacial score (nSPS) is 18.2. The SMILES string of the molecule is C/C=C\c1cc(-c2cnc(N)c(C)n2)nc(Nc2ccc(C3CCC(C)CC3)cc2)c1C(C)=O. The van der Waals surface area contributed by atoms with Crippen LogP contribution in [0.2, 0.25) is 0 Å². The highest BCUT2D eigenvalue weighted by molar-refractivity contribution is 6.03. The molecule has 0 aliphatic heterocycles. The molecule has 1 saturated carbocycles. The third kappa shape index (κ3) is 5.16. The molecule has 1 aliphatic rings. The van der Waals surface area contributed by atoms with Gasteiger partial charge in [-0.3, -0.25) is 4.79 Å². The van der Waals surface area contributed by atoms with Crippen LogP contribution in [-0.4, -0.2) is 20.7 Å². The first kappa shape index (κ1) is 23.6. The van der Waals surface area contributed by atoms with E-state index in [9.17, 15) is 4.79 Å². The average molecular weight is 456 g/mol. The van der Waals surface area contributed by atoms with Gasteiger partial charge in [0.2, 0.25) is 0 Å². The Bertz CT molecular complexity index is 1210. The molecule has 3 aromatic rings. The van der Waals surface area contributed by atoms with Gasteiger partial charge in [0.15, 0.2) is 5.78 Å². The van der Waals surface area contributed by atoms with Crippen molar-refractivity contribution in [3.63, 3.8) is 0 Å². The van der Waals surface area contributed by atoms with Gasteiger partial charge in [-0.15, -0.1) is 0 Å². The second-order valence-electron chi connectivity index (χ2n) is 9.31. The van der Waals surface area contributed by atoms with E-state index in [0.717, 1.165) is 17.2 Å². The fourth-order valence-electron chi connectivity index (χ4n) is 4.65. The first-order chi connectivity index (χ1) is 16.4. The van der Waals surface area contributed by atoms with Crippen molar-refractivity contribution >= 4 is 29.2 Å². The molecule has 0 spiro atoms. The number of nitrogen functional groups attached to an aromatic ring is 1.